The van der Waals surface area contributed by atoms with Crippen LogP contribution in [-0.2, 0) is 11.5 Å². The van der Waals surface area contributed by atoms with Gasteiger partial charge < -0.3 is 5.11 Å². The zero-order valence-electron chi connectivity index (χ0n) is 10.6. The molecule has 0 saturated heterocycles. The Hall–Kier alpha value is -1.21. The van der Waals surface area contributed by atoms with Crippen molar-refractivity contribution in [3.05, 3.63) is 57.8 Å². The molecule has 0 aliphatic rings. The minimum Gasteiger partial charge on any atom is -0.395 e. The highest BCUT2D eigenvalue weighted by molar-refractivity contribution is 7.97. The minimum atomic E-state index is 0.137. The zero-order chi connectivity index (χ0) is 13.3. The molecule has 1 aromatic heterocycles. The SMILES string of the molecule is OCCC#Cc1ccc(CSCc2ccccc2)s1. The molecular formula is C16H16OS2. The fourth-order valence-corrected chi connectivity index (χ4v) is 3.56. The van der Waals surface area contributed by atoms with Gasteiger partial charge in [-0.25, -0.2) is 0 Å². The van der Waals surface area contributed by atoms with Crippen LogP contribution in [0.25, 0.3) is 0 Å². The van der Waals surface area contributed by atoms with E-state index >= 15 is 0 Å². The van der Waals surface area contributed by atoms with Gasteiger partial charge in [-0.2, -0.15) is 11.8 Å². The van der Waals surface area contributed by atoms with Gasteiger partial charge in [0.05, 0.1) is 11.5 Å². The molecule has 1 aromatic carbocycles. The summed E-state index contributed by atoms with van der Waals surface area (Å²) in [5.74, 6) is 8.10. The number of hydrogen-bond acceptors (Lipinski definition) is 3. The van der Waals surface area contributed by atoms with Crippen LogP contribution in [0.5, 0.6) is 0 Å². The van der Waals surface area contributed by atoms with E-state index in [0.717, 1.165) is 16.4 Å². The van der Waals surface area contributed by atoms with Crippen molar-refractivity contribution in [3.8, 4) is 11.8 Å². The molecule has 0 unspecified atom stereocenters. The first kappa shape index (κ1) is 14.2. The molecule has 1 nitrogen and oxygen atoms in total. The monoisotopic (exact) mass is 288 g/mol. The van der Waals surface area contributed by atoms with E-state index in [9.17, 15) is 0 Å². The van der Waals surface area contributed by atoms with Crippen molar-refractivity contribution in [2.24, 2.45) is 0 Å². The van der Waals surface area contributed by atoms with E-state index in [4.69, 9.17) is 5.11 Å². The van der Waals surface area contributed by atoms with E-state index < -0.39 is 0 Å². The van der Waals surface area contributed by atoms with Crippen LogP contribution >= 0.6 is 23.1 Å². The third kappa shape index (κ3) is 5.12. The van der Waals surface area contributed by atoms with Crippen molar-refractivity contribution >= 4 is 23.1 Å². The molecule has 1 heterocycles. The van der Waals surface area contributed by atoms with Gasteiger partial charge in [-0.1, -0.05) is 42.2 Å². The topological polar surface area (TPSA) is 20.2 Å². The molecule has 2 rings (SSSR count). The third-order valence-electron chi connectivity index (χ3n) is 2.47. The number of thioether (sulfide) groups is 1. The van der Waals surface area contributed by atoms with E-state index in [-0.39, 0.29) is 6.61 Å². The number of aliphatic hydroxyl groups is 1. The molecular weight excluding hydrogens is 272 g/mol. The van der Waals surface area contributed by atoms with E-state index in [1.807, 2.05) is 17.8 Å². The van der Waals surface area contributed by atoms with Crippen LogP contribution < -0.4 is 0 Å². The normalized spacial score (nSPS) is 9.95. The van der Waals surface area contributed by atoms with Crippen LogP contribution in [0.1, 0.15) is 21.7 Å². The highest BCUT2D eigenvalue weighted by Crippen LogP contribution is 2.23. The molecule has 0 atom stereocenters. The highest BCUT2D eigenvalue weighted by Gasteiger charge is 1.99. The van der Waals surface area contributed by atoms with Crippen molar-refractivity contribution < 1.29 is 5.11 Å². The summed E-state index contributed by atoms with van der Waals surface area (Å²) in [5.41, 5.74) is 1.37. The second-order valence-corrected chi connectivity index (χ2v) is 6.17. The Labute approximate surface area is 122 Å². The van der Waals surface area contributed by atoms with Gasteiger partial charge in [-0.05, 0) is 17.7 Å². The van der Waals surface area contributed by atoms with Crippen molar-refractivity contribution in [3.63, 3.8) is 0 Å². The number of hydrogen-bond donors (Lipinski definition) is 1. The van der Waals surface area contributed by atoms with E-state index in [0.29, 0.717) is 6.42 Å². The fourth-order valence-electron chi connectivity index (χ4n) is 1.57. The van der Waals surface area contributed by atoms with Gasteiger partial charge in [-0.3, -0.25) is 0 Å². The van der Waals surface area contributed by atoms with E-state index in [2.05, 4.69) is 48.2 Å². The van der Waals surface area contributed by atoms with Crippen LogP contribution in [0.2, 0.25) is 0 Å². The molecule has 0 fully saturated rings. The van der Waals surface area contributed by atoms with Crippen LogP contribution in [0.4, 0.5) is 0 Å². The Morgan fingerprint density at radius 2 is 1.89 bits per heavy atom. The van der Waals surface area contributed by atoms with Gasteiger partial charge in [-0.15, -0.1) is 11.3 Å². The Morgan fingerprint density at radius 1 is 1.05 bits per heavy atom. The van der Waals surface area contributed by atoms with Gasteiger partial charge in [0.25, 0.3) is 0 Å². The summed E-state index contributed by atoms with van der Waals surface area (Å²) in [5, 5.41) is 8.67. The number of rotatable bonds is 5. The molecule has 0 aliphatic carbocycles. The van der Waals surface area contributed by atoms with Crippen molar-refractivity contribution in [2.75, 3.05) is 6.61 Å². The summed E-state index contributed by atoms with van der Waals surface area (Å²) in [4.78, 5) is 2.44. The average Bonchev–Trinajstić information content (AvgIpc) is 2.88. The Kier molecular flexibility index (Phi) is 6.03. The molecule has 98 valence electrons. The van der Waals surface area contributed by atoms with Gasteiger partial charge in [0.15, 0.2) is 0 Å². The summed E-state index contributed by atoms with van der Waals surface area (Å²) in [6, 6.07) is 14.7. The lowest BCUT2D eigenvalue weighted by Gasteiger charge is -1.99. The fraction of sp³-hybridized carbons (Fsp3) is 0.250. The molecule has 0 aliphatic heterocycles. The minimum absolute atomic E-state index is 0.137. The molecule has 0 bridgehead atoms. The lowest BCUT2D eigenvalue weighted by Crippen LogP contribution is -1.79. The molecule has 0 amide bonds. The lowest BCUT2D eigenvalue weighted by molar-refractivity contribution is 0.305. The van der Waals surface area contributed by atoms with Crippen molar-refractivity contribution in [1.29, 1.82) is 0 Å². The lowest BCUT2D eigenvalue weighted by atomic mass is 10.2. The van der Waals surface area contributed by atoms with Crippen molar-refractivity contribution in [2.45, 2.75) is 17.9 Å². The molecule has 19 heavy (non-hydrogen) atoms. The molecule has 0 radical (unpaired) electrons. The Balaban J connectivity index is 1.79. The first-order chi connectivity index (χ1) is 9.38. The van der Waals surface area contributed by atoms with Crippen LogP contribution in [0.15, 0.2) is 42.5 Å². The van der Waals surface area contributed by atoms with Crippen LogP contribution in [0.3, 0.4) is 0 Å². The molecule has 0 spiro atoms. The second-order valence-electron chi connectivity index (χ2n) is 4.02. The number of aliphatic hydroxyl groups excluding tert-OH is 1. The molecule has 0 saturated carbocycles. The maximum Gasteiger partial charge on any atom is 0.0771 e. The summed E-state index contributed by atoms with van der Waals surface area (Å²) >= 11 is 3.67. The van der Waals surface area contributed by atoms with Gasteiger partial charge in [0.1, 0.15) is 0 Å². The summed E-state index contributed by atoms with van der Waals surface area (Å²) in [6.45, 7) is 0.137. The highest BCUT2D eigenvalue weighted by atomic mass is 32.2. The molecule has 2 aromatic rings. The largest absolute Gasteiger partial charge is 0.395 e. The summed E-state index contributed by atoms with van der Waals surface area (Å²) in [6.07, 6.45) is 0.552. The maximum absolute atomic E-state index is 8.67. The summed E-state index contributed by atoms with van der Waals surface area (Å²) < 4.78 is 0. The van der Waals surface area contributed by atoms with E-state index in [1.54, 1.807) is 11.3 Å². The van der Waals surface area contributed by atoms with Gasteiger partial charge in [0.2, 0.25) is 0 Å². The maximum atomic E-state index is 8.67. The predicted molar refractivity (Wildman–Crippen MR) is 84.3 cm³/mol. The standard InChI is InChI=1S/C16H16OS2/c17-11-5-4-8-15-9-10-16(19-15)13-18-12-14-6-2-1-3-7-14/h1-3,6-7,9-10,17H,5,11-13H2. The first-order valence-corrected chi connectivity index (χ1v) is 8.16. The second kappa shape index (κ2) is 8.06. The smallest absolute Gasteiger partial charge is 0.0771 e. The number of benzene rings is 1. The first-order valence-electron chi connectivity index (χ1n) is 6.18. The quantitative estimate of drug-likeness (QED) is 0.842. The molecule has 3 heteroatoms. The molecule has 1 N–H and O–H groups in total. The third-order valence-corrected chi connectivity index (χ3v) is 4.70. The van der Waals surface area contributed by atoms with E-state index in [1.165, 1.54) is 10.4 Å². The van der Waals surface area contributed by atoms with Crippen molar-refractivity contribution in [1.82, 2.24) is 0 Å². The van der Waals surface area contributed by atoms with Crippen LogP contribution in [0, 0.1) is 11.8 Å². The van der Waals surface area contributed by atoms with Gasteiger partial charge in [0, 0.05) is 22.8 Å². The predicted octanol–water partition coefficient (Wildman–Crippen LogP) is 3.92. The van der Waals surface area contributed by atoms with Gasteiger partial charge >= 0.3 is 0 Å². The van der Waals surface area contributed by atoms with Crippen LogP contribution in [-0.4, -0.2) is 11.7 Å². The number of thiophene rings is 1. The zero-order valence-corrected chi connectivity index (χ0v) is 12.3. The summed E-state index contributed by atoms with van der Waals surface area (Å²) in [7, 11) is 0. The Bertz CT molecular complexity index is 549. The average molecular weight is 288 g/mol. The Morgan fingerprint density at radius 3 is 2.68 bits per heavy atom.